The van der Waals surface area contributed by atoms with Gasteiger partial charge in [0.05, 0.1) is 0 Å². The highest BCUT2D eigenvalue weighted by molar-refractivity contribution is 6.61. The first-order valence-electron chi connectivity index (χ1n) is 7.12. The number of nitrogens with one attached hydrogen (secondary N) is 1. The summed E-state index contributed by atoms with van der Waals surface area (Å²) in [7, 11) is -3.32. The van der Waals surface area contributed by atoms with Crippen LogP contribution >= 0.6 is 0 Å². The first kappa shape index (κ1) is 19.8. The molecule has 0 aromatic rings. The molecule has 0 unspecified atom stereocenters. The van der Waals surface area contributed by atoms with E-state index in [0.717, 1.165) is 6.08 Å². The molecule has 0 saturated heterocycles. The number of carbonyl (C=O) groups is 2. The predicted octanol–water partition coefficient (Wildman–Crippen LogP) is 1.46. The molecule has 0 aromatic heterocycles. The zero-order valence-corrected chi connectivity index (χ0v) is 14.1. The lowest BCUT2D eigenvalue weighted by Gasteiger charge is -2.27. The van der Waals surface area contributed by atoms with Crippen molar-refractivity contribution >= 4 is 20.8 Å². The Balaban J connectivity index is 5.08. The van der Waals surface area contributed by atoms with Crippen LogP contribution in [-0.2, 0) is 22.9 Å². The molecule has 21 heavy (non-hydrogen) atoms. The van der Waals surface area contributed by atoms with Crippen molar-refractivity contribution in [1.82, 2.24) is 4.98 Å². The molecule has 0 aliphatic carbocycles. The molecule has 0 fully saturated rings. The van der Waals surface area contributed by atoms with Crippen LogP contribution in [0, 0.1) is 0 Å². The van der Waals surface area contributed by atoms with Gasteiger partial charge in [-0.25, -0.2) is 4.79 Å². The van der Waals surface area contributed by atoms with Crippen molar-refractivity contribution in [3.63, 3.8) is 0 Å². The average Bonchev–Trinajstić information content (AvgIpc) is 2.38. The molecule has 0 aromatic carbocycles. The number of hydrogen-bond donors (Lipinski definition) is 2. The molecular weight excluding hydrogens is 294 g/mol. The van der Waals surface area contributed by atoms with Crippen LogP contribution in [0.4, 0.5) is 0 Å². The zero-order chi connectivity index (χ0) is 16.3. The Labute approximate surface area is 126 Å². The maximum Gasteiger partial charge on any atom is 0.633 e. The molecule has 2 N–H and O–H groups in total. The molecule has 122 valence electrons. The van der Waals surface area contributed by atoms with Crippen LogP contribution in [-0.4, -0.2) is 45.8 Å². The summed E-state index contributed by atoms with van der Waals surface area (Å²) in [4.78, 5) is 25.6. The van der Waals surface area contributed by atoms with E-state index in [1.54, 1.807) is 20.8 Å². The minimum atomic E-state index is -3.32. The van der Waals surface area contributed by atoms with Gasteiger partial charge in [-0.15, -0.1) is 0 Å². The molecule has 0 aliphatic rings. The molecule has 7 nitrogen and oxygen atoms in total. The molecule has 8 heteroatoms. The van der Waals surface area contributed by atoms with Crippen LogP contribution in [0.5, 0.6) is 0 Å². The first-order chi connectivity index (χ1) is 9.94. The van der Waals surface area contributed by atoms with Gasteiger partial charge in [-0.2, -0.15) is 0 Å². The average molecular weight is 319 g/mol. The van der Waals surface area contributed by atoms with E-state index in [1.807, 2.05) is 6.92 Å². The molecule has 0 bridgehead atoms. The van der Waals surface area contributed by atoms with Crippen LogP contribution in [0.2, 0.25) is 0 Å². The van der Waals surface area contributed by atoms with Gasteiger partial charge in [-0.1, -0.05) is 13.3 Å². The Morgan fingerprint density at radius 3 is 1.86 bits per heavy atom. The van der Waals surface area contributed by atoms with Crippen molar-refractivity contribution in [2.24, 2.45) is 0 Å². The van der Waals surface area contributed by atoms with Crippen LogP contribution in [0.1, 0.15) is 40.5 Å². The fourth-order valence-corrected chi connectivity index (χ4v) is 3.64. The number of rotatable bonds is 11. The normalized spacial score (nSPS) is 12.3. The minimum Gasteiger partial charge on any atom is -0.478 e. The van der Waals surface area contributed by atoms with Crippen molar-refractivity contribution in [3.05, 3.63) is 11.6 Å². The van der Waals surface area contributed by atoms with E-state index in [-0.39, 0.29) is 5.57 Å². The van der Waals surface area contributed by atoms with Crippen molar-refractivity contribution in [3.8, 4) is 0 Å². The largest absolute Gasteiger partial charge is 0.633 e. The second-order valence-electron chi connectivity index (χ2n) is 4.07. The Bertz CT molecular complexity index is 355. The minimum absolute atomic E-state index is 0.0439. The zero-order valence-electron chi connectivity index (χ0n) is 13.1. The molecule has 0 heterocycles. The van der Waals surface area contributed by atoms with Crippen molar-refractivity contribution in [1.29, 1.82) is 0 Å². The summed E-state index contributed by atoms with van der Waals surface area (Å²) in [5.74, 6) is -1.69. The van der Waals surface area contributed by atoms with Crippen molar-refractivity contribution < 1.29 is 28.0 Å². The fraction of sp³-hybridized carbons (Fsp3) is 0.692. The van der Waals surface area contributed by atoms with Crippen LogP contribution < -0.4 is 4.98 Å². The molecule has 0 atom stereocenters. The first-order valence-corrected chi connectivity index (χ1v) is 8.84. The maximum atomic E-state index is 12.0. The smallest absolute Gasteiger partial charge is 0.478 e. The highest BCUT2D eigenvalue weighted by Gasteiger charge is 2.44. The Morgan fingerprint density at radius 2 is 1.52 bits per heavy atom. The SMILES string of the molecule is CCC/C(=C/C(=O)N[Si](OCC)(OCC)OCC)C(=O)O. The lowest BCUT2D eigenvalue weighted by atomic mass is 10.1. The van der Waals surface area contributed by atoms with E-state index in [1.165, 1.54) is 0 Å². The third kappa shape index (κ3) is 7.37. The number of carbonyl (C=O) groups excluding carboxylic acids is 1. The highest BCUT2D eigenvalue weighted by Crippen LogP contribution is 2.09. The summed E-state index contributed by atoms with van der Waals surface area (Å²) >= 11 is 0. The van der Waals surface area contributed by atoms with Gasteiger partial charge in [0.25, 0.3) is 0 Å². The predicted molar refractivity (Wildman–Crippen MR) is 79.4 cm³/mol. The molecule has 0 saturated carbocycles. The quantitative estimate of drug-likeness (QED) is 0.442. The second-order valence-corrected chi connectivity index (χ2v) is 6.30. The summed E-state index contributed by atoms with van der Waals surface area (Å²) < 4.78 is 16.4. The number of aliphatic carboxylic acids is 1. The van der Waals surface area contributed by atoms with E-state index in [2.05, 4.69) is 4.98 Å². The van der Waals surface area contributed by atoms with Gasteiger partial charge < -0.3 is 23.4 Å². The van der Waals surface area contributed by atoms with Gasteiger partial charge in [0.1, 0.15) is 0 Å². The number of hydrogen-bond acceptors (Lipinski definition) is 5. The van der Waals surface area contributed by atoms with Crippen LogP contribution in [0.3, 0.4) is 0 Å². The van der Waals surface area contributed by atoms with Gasteiger partial charge >= 0.3 is 14.9 Å². The van der Waals surface area contributed by atoms with E-state index >= 15 is 0 Å². The number of carboxylic acids is 1. The summed E-state index contributed by atoms with van der Waals surface area (Å²) in [6.45, 7) is 8.09. The Morgan fingerprint density at radius 1 is 1.05 bits per heavy atom. The van der Waals surface area contributed by atoms with E-state index in [0.29, 0.717) is 32.7 Å². The topological polar surface area (TPSA) is 94.1 Å². The third-order valence-electron chi connectivity index (χ3n) is 2.38. The van der Waals surface area contributed by atoms with Crippen molar-refractivity contribution in [2.75, 3.05) is 19.8 Å². The summed E-state index contributed by atoms with van der Waals surface area (Å²) in [5, 5.41) is 9.03. The third-order valence-corrected chi connectivity index (χ3v) is 4.94. The number of amides is 1. The lowest BCUT2D eigenvalue weighted by Crippen LogP contribution is -2.60. The molecule has 0 rings (SSSR count). The molecule has 1 amide bonds. The van der Waals surface area contributed by atoms with Gasteiger partial charge in [-0.3, -0.25) is 4.79 Å². The van der Waals surface area contributed by atoms with Crippen LogP contribution in [0.15, 0.2) is 11.6 Å². The van der Waals surface area contributed by atoms with Gasteiger partial charge in [0.2, 0.25) is 5.91 Å². The standard InChI is InChI=1S/C13H25NO6Si/c1-5-9-11(13(16)17)10-12(15)14-21(18-6-2,19-7-3)20-8-4/h10H,5-9H2,1-4H3,(H,14,15)(H,16,17)/b11-10-. The van der Waals surface area contributed by atoms with E-state index < -0.39 is 20.8 Å². The van der Waals surface area contributed by atoms with Gasteiger partial charge in [0.15, 0.2) is 0 Å². The Hall–Kier alpha value is -1.22. The maximum absolute atomic E-state index is 12.0. The van der Waals surface area contributed by atoms with Gasteiger partial charge in [0, 0.05) is 31.5 Å². The summed E-state index contributed by atoms with van der Waals surface area (Å²) in [6, 6.07) is 0. The molecule has 0 radical (unpaired) electrons. The van der Waals surface area contributed by atoms with E-state index in [9.17, 15) is 9.59 Å². The van der Waals surface area contributed by atoms with Crippen molar-refractivity contribution in [2.45, 2.75) is 40.5 Å². The number of carboxylic acid groups (broad SMARTS) is 1. The Kier molecular flexibility index (Phi) is 9.88. The van der Waals surface area contributed by atoms with Gasteiger partial charge in [-0.05, 0) is 27.2 Å². The van der Waals surface area contributed by atoms with Crippen LogP contribution in [0.25, 0.3) is 0 Å². The molecular formula is C13H25NO6Si. The molecule has 0 spiro atoms. The monoisotopic (exact) mass is 319 g/mol. The second kappa shape index (κ2) is 10.5. The summed E-state index contributed by atoms with van der Waals surface area (Å²) in [6.07, 6.45) is 2.01. The van der Waals surface area contributed by atoms with E-state index in [4.69, 9.17) is 18.4 Å². The fourth-order valence-electron chi connectivity index (χ4n) is 1.66. The molecule has 0 aliphatic heterocycles. The lowest BCUT2D eigenvalue weighted by molar-refractivity contribution is -0.133. The summed E-state index contributed by atoms with van der Waals surface area (Å²) in [5.41, 5.74) is 0.0439. The highest BCUT2D eigenvalue weighted by atomic mass is 28.4.